The van der Waals surface area contributed by atoms with Crippen molar-refractivity contribution in [2.75, 3.05) is 13.2 Å². The van der Waals surface area contributed by atoms with Crippen LogP contribution in [0.5, 0.6) is 11.5 Å². The zero-order valence-electron chi connectivity index (χ0n) is 12.0. The maximum Gasteiger partial charge on any atom is 0.123 e. The average molecular weight is 281 g/mol. The van der Waals surface area contributed by atoms with Gasteiger partial charge in [0.1, 0.15) is 18.1 Å². The smallest absolute Gasteiger partial charge is 0.123 e. The lowest BCUT2D eigenvalue weighted by Gasteiger charge is -2.27. The predicted molar refractivity (Wildman–Crippen MR) is 81.5 cm³/mol. The zero-order valence-corrected chi connectivity index (χ0v) is 12.0. The van der Waals surface area contributed by atoms with Crippen LogP contribution in [0.2, 0.25) is 0 Å². The molecule has 0 bridgehead atoms. The number of phenols is 1. The minimum Gasteiger partial charge on any atom is -0.508 e. The predicted octanol–water partition coefficient (Wildman–Crippen LogP) is 3.27. The fourth-order valence-corrected chi connectivity index (χ4v) is 3.57. The van der Waals surface area contributed by atoms with Gasteiger partial charge in [-0.05, 0) is 42.2 Å². The van der Waals surface area contributed by atoms with Gasteiger partial charge in [-0.25, -0.2) is 0 Å². The van der Waals surface area contributed by atoms with Gasteiger partial charge < -0.3 is 9.84 Å². The molecule has 2 aliphatic rings. The quantitative estimate of drug-likeness (QED) is 0.870. The molecule has 3 heteroatoms. The third kappa shape index (κ3) is 2.28. The summed E-state index contributed by atoms with van der Waals surface area (Å²) in [7, 11) is 0. The Labute approximate surface area is 124 Å². The van der Waals surface area contributed by atoms with E-state index in [-0.39, 0.29) is 0 Å². The summed E-state index contributed by atoms with van der Waals surface area (Å²) in [4.78, 5) is 2.51. The molecule has 1 N–H and O–H groups in total. The monoisotopic (exact) mass is 281 g/mol. The number of phenolic OH excluding ortho intramolecular Hbond substituents is 1. The number of benzene rings is 2. The molecule has 1 atom stereocenters. The molecule has 2 aromatic carbocycles. The van der Waals surface area contributed by atoms with Gasteiger partial charge in [0.25, 0.3) is 0 Å². The van der Waals surface area contributed by atoms with Crippen LogP contribution in [-0.2, 0) is 13.0 Å². The molecule has 0 saturated heterocycles. The van der Waals surface area contributed by atoms with E-state index in [1.165, 1.54) is 16.7 Å². The highest BCUT2D eigenvalue weighted by atomic mass is 16.5. The maximum absolute atomic E-state index is 9.63. The summed E-state index contributed by atoms with van der Waals surface area (Å²) in [5.41, 5.74) is 3.92. The first kappa shape index (κ1) is 12.7. The number of fused-ring (bicyclic) bond motifs is 2. The van der Waals surface area contributed by atoms with Crippen molar-refractivity contribution >= 4 is 0 Å². The van der Waals surface area contributed by atoms with Crippen LogP contribution < -0.4 is 4.74 Å². The van der Waals surface area contributed by atoms with E-state index in [0.29, 0.717) is 11.8 Å². The Morgan fingerprint density at radius 3 is 2.95 bits per heavy atom. The molecule has 0 amide bonds. The van der Waals surface area contributed by atoms with Crippen LogP contribution >= 0.6 is 0 Å². The first-order valence-electron chi connectivity index (χ1n) is 7.58. The Balaban J connectivity index is 1.64. The highest BCUT2D eigenvalue weighted by Crippen LogP contribution is 2.39. The number of rotatable bonds is 1. The van der Waals surface area contributed by atoms with Crippen molar-refractivity contribution in [3.05, 3.63) is 59.2 Å². The molecule has 0 saturated carbocycles. The second-order valence-electron chi connectivity index (χ2n) is 5.86. The second kappa shape index (κ2) is 5.08. The van der Waals surface area contributed by atoms with E-state index in [0.717, 1.165) is 38.3 Å². The molecule has 1 aliphatic heterocycles. The Bertz CT molecular complexity index is 668. The molecule has 1 unspecified atom stereocenters. The lowest BCUT2D eigenvalue weighted by atomic mass is 10.1. The van der Waals surface area contributed by atoms with E-state index in [9.17, 15) is 5.11 Å². The second-order valence-corrected chi connectivity index (χ2v) is 5.86. The summed E-state index contributed by atoms with van der Waals surface area (Å²) in [5.74, 6) is 1.39. The minimum atomic E-state index is 0.374. The van der Waals surface area contributed by atoms with Crippen LogP contribution in [0.3, 0.4) is 0 Å². The Kier molecular flexibility index (Phi) is 3.08. The number of para-hydroxylation sites is 1. The van der Waals surface area contributed by atoms with E-state index < -0.39 is 0 Å². The third-order valence-corrected chi connectivity index (χ3v) is 4.60. The molecular formula is C18H19NO2. The topological polar surface area (TPSA) is 32.7 Å². The van der Waals surface area contributed by atoms with Crippen LogP contribution in [0.1, 0.15) is 29.2 Å². The minimum absolute atomic E-state index is 0.374. The fraction of sp³-hybridized carbons (Fsp3) is 0.333. The van der Waals surface area contributed by atoms with Crippen LogP contribution in [0.4, 0.5) is 0 Å². The number of hydrogen-bond acceptors (Lipinski definition) is 3. The molecule has 1 heterocycles. The van der Waals surface area contributed by atoms with Crippen LogP contribution in [0.25, 0.3) is 0 Å². The van der Waals surface area contributed by atoms with Crippen molar-refractivity contribution in [1.82, 2.24) is 4.90 Å². The molecule has 3 nitrogen and oxygen atoms in total. The largest absolute Gasteiger partial charge is 0.508 e. The summed E-state index contributed by atoms with van der Waals surface area (Å²) in [6, 6.07) is 14.6. The van der Waals surface area contributed by atoms with Gasteiger partial charge in [-0.2, -0.15) is 0 Å². The van der Waals surface area contributed by atoms with E-state index >= 15 is 0 Å². The first-order valence-corrected chi connectivity index (χ1v) is 7.58. The molecule has 21 heavy (non-hydrogen) atoms. The molecule has 108 valence electrons. The van der Waals surface area contributed by atoms with Gasteiger partial charge in [-0.3, -0.25) is 4.90 Å². The molecule has 1 aliphatic carbocycles. The lowest BCUT2D eigenvalue weighted by molar-refractivity contribution is 0.169. The third-order valence-electron chi connectivity index (χ3n) is 4.60. The number of ether oxygens (including phenoxy) is 1. The maximum atomic E-state index is 9.63. The van der Waals surface area contributed by atoms with Gasteiger partial charge in [-0.1, -0.05) is 24.3 Å². The molecule has 0 fully saturated rings. The van der Waals surface area contributed by atoms with Gasteiger partial charge in [0.15, 0.2) is 0 Å². The number of nitrogens with zero attached hydrogens (tertiary/aromatic N) is 1. The highest BCUT2D eigenvalue weighted by molar-refractivity contribution is 5.41. The van der Waals surface area contributed by atoms with Gasteiger partial charge >= 0.3 is 0 Å². The van der Waals surface area contributed by atoms with Gasteiger partial charge in [0, 0.05) is 24.7 Å². The van der Waals surface area contributed by atoms with Crippen molar-refractivity contribution in [1.29, 1.82) is 0 Å². The molecule has 4 rings (SSSR count). The molecule has 2 aromatic rings. The number of hydrogen-bond donors (Lipinski definition) is 1. The van der Waals surface area contributed by atoms with E-state index in [4.69, 9.17) is 4.74 Å². The summed E-state index contributed by atoms with van der Waals surface area (Å²) >= 11 is 0. The van der Waals surface area contributed by atoms with Crippen molar-refractivity contribution in [2.45, 2.75) is 25.4 Å². The molecule has 0 spiro atoms. The Hall–Kier alpha value is -2.00. The zero-order chi connectivity index (χ0) is 14.2. The fourth-order valence-electron chi connectivity index (χ4n) is 3.57. The summed E-state index contributed by atoms with van der Waals surface area (Å²) in [5, 5.41) is 9.63. The van der Waals surface area contributed by atoms with Gasteiger partial charge in [0.2, 0.25) is 0 Å². The summed E-state index contributed by atoms with van der Waals surface area (Å²) in [6.45, 7) is 2.61. The van der Waals surface area contributed by atoms with Gasteiger partial charge in [-0.15, -0.1) is 0 Å². The molecule has 0 aromatic heterocycles. The van der Waals surface area contributed by atoms with Crippen molar-refractivity contribution in [2.24, 2.45) is 0 Å². The van der Waals surface area contributed by atoms with Crippen molar-refractivity contribution in [3.8, 4) is 11.5 Å². The van der Waals surface area contributed by atoms with Crippen LogP contribution in [-0.4, -0.2) is 23.2 Å². The Morgan fingerprint density at radius 2 is 2.00 bits per heavy atom. The molecule has 0 radical (unpaired) electrons. The molecular weight excluding hydrogens is 262 g/mol. The SMILES string of the molecule is Oc1ccc2c(c1)CCC2N1CCOc2ccccc2C1. The average Bonchev–Trinajstić information content (AvgIpc) is 2.78. The number of aromatic hydroxyl groups is 1. The summed E-state index contributed by atoms with van der Waals surface area (Å²) < 4.78 is 5.86. The van der Waals surface area contributed by atoms with Crippen LogP contribution in [0.15, 0.2) is 42.5 Å². The van der Waals surface area contributed by atoms with Crippen molar-refractivity contribution < 1.29 is 9.84 Å². The summed E-state index contributed by atoms with van der Waals surface area (Å²) in [6.07, 6.45) is 2.17. The first-order chi connectivity index (χ1) is 10.3. The normalized spacial score (nSPS) is 21.2. The Morgan fingerprint density at radius 1 is 1.10 bits per heavy atom. The highest BCUT2D eigenvalue weighted by Gasteiger charge is 2.29. The van der Waals surface area contributed by atoms with Crippen LogP contribution in [0, 0.1) is 0 Å². The van der Waals surface area contributed by atoms with E-state index in [1.54, 1.807) is 6.07 Å². The van der Waals surface area contributed by atoms with Crippen molar-refractivity contribution in [3.63, 3.8) is 0 Å². The standard InChI is InChI=1S/C18H19NO2/c20-15-6-7-16-13(11-15)5-8-17(16)19-9-10-21-18-4-2-1-3-14(18)12-19/h1-4,6-7,11,17,20H,5,8-10,12H2. The van der Waals surface area contributed by atoms with E-state index in [1.807, 2.05) is 12.1 Å². The number of aryl methyl sites for hydroxylation is 1. The van der Waals surface area contributed by atoms with E-state index in [2.05, 4.69) is 29.2 Å². The lowest BCUT2D eigenvalue weighted by Crippen LogP contribution is -2.29. The van der Waals surface area contributed by atoms with Gasteiger partial charge in [0.05, 0.1) is 0 Å².